The highest BCUT2D eigenvalue weighted by molar-refractivity contribution is 6.07. The molecule has 0 aliphatic carbocycles. The van der Waals surface area contributed by atoms with Gasteiger partial charge < -0.3 is 55.0 Å². The molecule has 0 bridgehead atoms. The lowest BCUT2D eigenvalue weighted by Crippen LogP contribution is -2.50. The number of anilines is 2. The Labute approximate surface area is 401 Å². The highest BCUT2D eigenvalue weighted by atomic mass is 16.6. The zero-order valence-corrected chi connectivity index (χ0v) is 39.8. The summed E-state index contributed by atoms with van der Waals surface area (Å²) in [5, 5.41) is 17.3. The topological polar surface area (TPSA) is 224 Å². The largest absolute Gasteiger partial charge is 0.493 e. The zero-order valence-electron chi connectivity index (χ0n) is 39.8. The zero-order chi connectivity index (χ0) is 49.5. The van der Waals surface area contributed by atoms with Gasteiger partial charge in [-0.3, -0.25) is 24.2 Å². The molecule has 0 saturated carbocycles. The van der Waals surface area contributed by atoms with Crippen molar-refractivity contribution in [2.75, 3.05) is 37.7 Å². The molecule has 0 radical (unpaired) electrons. The van der Waals surface area contributed by atoms with Crippen LogP contribution < -0.4 is 40.2 Å². The van der Waals surface area contributed by atoms with E-state index in [0.29, 0.717) is 46.8 Å². The van der Waals surface area contributed by atoms with Crippen LogP contribution in [0, 0.1) is 5.92 Å². The van der Waals surface area contributed by atoms with Gasteiger partial charge in [0.15, 0.2) is 29.2 Å². The molecule has 7 rings (SSSR count). The van der Waals surface area contributed by atoms with E-state index in [0.717, 1.165) is 16.0 Å². The van der Waals surface area contributed by atoms with Crippen molar-refractivity contribution in [3.05, 3.63) is 113 Å². The van der Waals surface area contributed by atoms with Gasteiger partial charge in [-0.15, -0.1) is 0 Å². The maximum absolute atomic E-state index is 14.3. The van der Waals surface area contributed by atoms with Crippen LogP contribution in [0.25, 0.3) is 0 Å². The molecule has 3 aromatic carbocycles. The van der Waals surface area contributed by atoms with Crippen LogP contribution in [-0.2, 0) is 20.9 Å². The highest BCUT2D eigenvalue weighted by Gasteiger charge is 2.45. The Hall–Kier alpha value is -7.44. The number of carbonyl (C=O) groups excluding carboxylic acids is 5. The van der Waals surface area contributed by atoms with Crippen LogP contribution in [0.1, 0.15) is 80.2 Å². The van der Waals surface area contributed by atoms with Gasteiger partial charge in [-0.25, -0.2) is 9.69 Å². The van der Waals surface area contributed by atoms with Gasteiger partial charge in [0.05, 0.1) is 68.1 Å². The van der Waals surface area contributed by atoms with Crippen LogP contribution in [0.3, 0.4) is 0 Å². The van der Waals surface area contributed by atoms with Crippen molar-refractivity contribution in [3.63, 3.8) is 0 Å². The molecule has 5 N–H and O–H groups in total. The first kappa shape index (κ1) is 49.5. The third kappa shape index (κ3) is 10.8. The number of nitrogens with zero attached hydrogens (tertiary/aromatic N) is 4. The predicted molar refractivity (Wildman–Crippen MR) is 259 cm³/mol. The number of aliphatic imine (C=N–C) groups is 1. The number of hydrogen-bond acceptors (Lipinski definition) is 13. The lowest BCUT2D eigenvalue weighted by Gasteiger charge is -2.31. The van der Waals surface area contributed by atoms with E-state index in [4.69, 9.17) is 29.4 Å². The molecule has 18 heteroatoms. The summed E-state index contributed by atoms with van der Waals surface area (Å²) in [4.78, 5) is 76.0. The third-order valence-corrected chi connectivity index (χ3v) is 12.1. The number of ether oxygens (including phenoxy) is 5. The lowest BCUT2D eigenvalue weighted by molar-refractivity contribution is -0.127. The van der Waals surface area contributed by atoms with E-state index in [1.54, 1.807) is 60.6 Å². The van der Waals surface area contributed by atoms with Crippen LogP contribution in [0.15, 0.2) is 101 Å². The summed E-state index contributed by atoms with van der Waals surface area (Å²) >= 11 is 0. The first-order valence-electron chi connectivity index (χ1n) is 22.8. The number of rotatable bonds is 17. The summed E-state index contributed by atoms with van der Waals surface area (Å²) in [5.41, 5.74) is 9.72. The molecule has 1 unspecified atom stereocenters. The van der Waals surface area contributed by atoms with E-state index in [2.05, 4.69) is 15.6 Å². The number of aliphatic hydroxyl groups excluding tert-OH is 1. The second-order valence-corrected chi connectivity index (χ2v) is 17.3. The van der Waals surface area contributed by atoms with Gasteiger partial charge in [0.2, 0.25) is 11.8 Å². The van der Waals surface area contributed by atoms with Crippen LogP contribution in [-0.4, -0.2) is 109 Å². The maximum atomic E-state index is 14.3. The monoisotopic (exact) mass is 945 g/mol. The van der Waals surface area contributed by atoms with E-state index in [9.17, 15) is 29.1 Å². The quantitative estimate of drug-likeness (QED) is 0.106. The number of allylic oxidation sites excluding steroid dienone is 4. The summed E-state index contributed by atoms with van der Waals surface area (Å²) in [5.74, 6) is -0.460. The van der Waals surface area contributed by atoms with Gasteiger partial charge >= 0.3 is 6.09 Å². The maximum Gasteiger partial charge on any atom is 0.416 e. The molecule has 69 heavy (non-hydrogen) atoms. The first-order valence-corrected chi connectivity index (χ1v) is 22.8. The molecule has 4 heterocycles. The Morgan fingerprint density at radius 2 is 1.43 bits per heavy atom. The van der Waals surface area contributed by atoms with Crippen molar-refractivity contribution in [1.82, 2.24) is 15.1 Å². The Bertz CT molecular complexity index is 2620. The van der Waals surface area contributed by atoms with Crippen LogP contribution >= 0.6 is 0 Å². The molecule has 5 atom stereocenters. The van der Waals surface area contributed by atoms with Crippen LogP contribution in [0.5, 0.6) is 23.0 Å². The van der Waals surface area contributed by atoms with E-state index < -0.39 is 48.2 Å². The fourth-order valence-electron chi connectivity index (χ4n) is 8.28. The Kier molecular flexibility index (Phi) is 15.5. The smallest absolute Gasteiger partial charge is 0.416 e. The van der Waals surface area contributed by atoms with Crippen LogP contribution in [0.4, 0.5) is 21.9 Å². The molecule has 18 nitrogen and oxygen atoms in total. The third-order valence-electron chi connectivity index (χ3n) is 12.1. The molecule has 4 aliphatic heterocycles. The summed E-state index contributed by atoms with van der Waals surface area (Å²) in [6.45, 7) is 9.02. The predicted octanol–water partition coefficient (Wildman–Crippen LogP) is 6.52. The van der Waals surface area contributed by atoms with Gasteiger partial charge in [0, 0.05) is 42.9 Å². The van der Waals surface area contributed by atoms with E-state index >= 15 is 0 Å². The average molecular weight is 946 g/mol. The first-order chi connectivity index (χ1) is 33.1. The second kappa shape index (κ2) is 21.7. The van der Waals surface area contributed by atoms with E-state index in [1.165, 1.54) is 31.3 Å². The number of carbonyl (C=O) groups is 5. The number of hydrogen-bond donors (Lipinski definition) is 4. The molecule has 3 aromatic rings. The van der Waals surface area contributed by atoms with Gasteiger partial charge in [0.25, 0.3) is 11.8 Å². The van der Waals surface area contributed by atoms with Crippen molar-refractivity contribution in [1.29, 1.82) is 0 Å². The molecule has 0 fully saturated rings. The fourth-order valence-corrected chi connectivity index (χ4v) is 8.28. The van der Waals surface area contributed by atoms with Gasteiger partial charge in [-0.1, -0.05) is 50.3 Å². The van der Waals surface area contributed by atoms with Crippen molar-refractivity contribution in [2.24, 2.45) is 16.6 Å². The number of benzene rings is 3. The van der Waals surface area contributed by atoms with Crippen molar-refractivity contribution in [2.45, 2.75) is 90.9 Å². The van der Waals surface area contributed by atoms with Gasteiger partial charge in [-0.05, 0) is 80.5 Å². The van der Waals surface area contributed by atoms with Crippen LogP contribution in [0.2, 0.25) is 0 Å². The van der Waals surface area contributed by atoms with Crippen molar-refractivity contribution in [3.8, 4) is 23.0 Å². The van der Waals surface area contributed by atoms with E-state index in [-0.39, 0.29) is 66.9 Å². The summed E-state index contributed by atoms with van der Waals surface area (Å²) in [7, 11) is 2.93. The Morgan fingerprint density at radius 3 is 2.07 bits per heavy atom. The molecule has 0 spiro atoms. The number of nitrogens with one attached hydrogen (secondary N) is 2. The lowest BCUT2D eigenvalue weighted by atomic mass is 10.0. The Balaban J connectivity index is 1.04. The SMILES string of the molecule is C/C=C/C1=CN2C(=O)c3cc(OC)c(OCCCOc4cc5c(cc4OC)C(=O)N4C=C(/C=C/C)C[C@H]4[C@H](O)N5C(=O)OCc4ccc(NC(=O)[C@H](C)NC(=O)[C@@H](N)C(C)C)cc4)cc3N=CC2C1. The summed E-state index contributed by atoms with van der Waals surface area (Å²) < 4.78 is 29.4. The fraction of sp³-hybridized carbons (Fsp3) is 0.373. The molecule has 364 valence electrons. The molecule has 0 aromatic heterocycles. The molecule has 0 saturated heterocycles. The number of amides is 5. The molecular weight excluding hydrogens is 887 g/mol. The number of aliphatic hydroxyl groups is 1. The second-order valence-electron chi connectivity index (χ2n) is 17.3. The molecular formula is C51H59N7O11. The minimum absolute atomic E-state index is 0.0485. The summed E-state index contributed by atoms with van der Waals surface area (Å²) in [6, 6.07) is 10.2. The minimum Gasteiger partial charge on any atom is -0.493 e. The normalized spacial score (nSPS) is 19.2. The summed E-state index contributed by atoms with van der Waals surface area (Å²) in [6.07, 6.45) is 11.7. The molecule has 5 amide bonds. The minimum atomic E-state index is -1.54. The highest BCUT2D eigenvalue weighted by Crippen LogP contribution is 2.43. The number of fused-ring (bicyclic) bond motifs is 4. The van der Waals surface area contributed by atoms with Crippen molar-refractivity contribution < 1.29 is 52.8 Å². The van der Waals surface area contributed by atoms with Gasteiger partial charge in [0.1, 0.15) is 12.6 Å². The van der Waals surface area contributed by atoms with E-state index in [1.807, 2.05) is 58.2 Å². The molecule has 4 aliphatic rings. The average Bonchev–Trinajstić information content (AvgIpc) is 3.91. The van der Waals surface area contributed by atoms with Crippen molar-refractivity contribution >= 4 is 53.0 Å². The van der Waals surface area contributed by atoms with Gasteiger partial charge in [-0.2, -0.15) is 0 Å². The Morgan fingerprint density at radius 1 is 0.826 bits per heavy atom. The number of nitrogens with two attached hydrogens (primary N) is 1. The number of methoxy groups -OCH3 is 2. The standard InChI is InChI=1S/C51H59N7O11/c1-8-11-32-19-35-25-53-38-23-43(41(65-6)21-36(38)48(61)56(35)26-32)67-17-10-18-68-44-24-39-37(22-42(44)66-7)49(62)57-27-33(12-9-2)20-40(57)50(63)58(39)51(64)69-28-31-13-15-34(16-14-31)55-46(59)30(5)54-47(60)45(52)29(3)4/h8-9,11-16,21-27,29-30,35,40,45,50,63H,10,17-20,28,52H2,1-7H3,(H,54,60)(H,55,59)/b11-8+,12-9+/t30-,35?,40-,45-,50-/m0/s1.